The number of carbonyl (C=O) groups excluding carboxylic acids is 1. The van der Waals surface area contributed by atoms with Crippen LogP contribution in [0.25, 0.3) is 10.9 Å². The van der Waals surface area contributed by atoms with Gasteiger partial charge in [0, 0.05) is 24.7 Å². The molecule has 2 N–H and O–H groups in total. The lowest BCUT2D eigenvalue weighted by molar-refractivity contribution is 0.102. The highest BCUT2D eigenvalue weighted by molar-refractivity contribution is 6.08. The number of para-hydroxylation sites is 1. The van der Waals surface area contributed by atoms with Crippen LogP contribution in [-0.2, 0) is 4.74 Å². The van der Waals surface area contributed by atoms with Crippen molar-refractivity contribution in [2.45, 2.75) is 0 Å². The Kier molecular flexibility index (Phi) is 3.84. The van der Waals surface area contributed by atoms with Crippen molar-refractivity contribution in [1.29, 1.82) is 0 Å². The smallest absolute Gasteiger partial charge is 0.257 e. The summed E-state index contributed by atoms with van der Waals surface area (Å²) in [5.74, 6) is 0.670. The van der Waals surface area contributed by atoms with Crippen molar-refractivity contribution >= 4 is 28.3 Å². The van der Waals surface area contributed by atoms with E-state index in [0.29, 0.717) is 24.5 Å². The molecule has 0 aliphatic carbocycles. The second-order valence-corrected chi connectivity index (χ2v) is 5.60. The summed E-state index contributed by atoms with van der Waals surface area (Å²) in [6, 6.07) is 9.32. The molecule has 3 aromatic rings. The third-order valence-corrected chi connectivity index (χ3v) is 4.07. The highest BCUT2D eigenvalue weighted by Gasteiger charge is 2.14. The van der Waals surface area contributed by atoms with Gasteiger partial charge in [-0.2, -0.15) is 5.10 Å². The number of nitrogens with one attached hydrogen (secondary N) is 2. The normalized spacial score (nSPS) is 14.8. The van der Waals surface area contributed by atoms with E-state index in [0.717, 1.165) is 29.8 Å². The van der Waals surface area contributed by atoms with E-state index in [1.807, 2.05) is 24.3 Å². The van der Waals surface area contributed by atoms with Gasteiger partial charge >= 0.3 is 0 Å². The van der Waals surface area contributed by atoms with Crippen LogP contribution in [0.4, 0.5) is 11.5 Å². The lowest BCUT2D eigenvalue weighted by Crippen LogP contribution is -2.36. The molecule has 0 bridgehead atoms. The first-order valence-corrected chi connectivity index (χ1v) is 7.83. The first-order chi connectivity index (χ1) is 11.8. The molecule has 1 saturated heterocycles. The van der Waals surface area contributed by atoms with E-state index in [9.17, 15) is 4.79 Å². The molecule has 2 aromatic heterocycles. The Labute approximate surface area is 138 Å². The summed E-state index contributed by atoms with van der Waals surface area (Å²) in [6.45, 7) is 3.05. The molecule has 0 unspecified atom stereocenters. The molecule has 1 fully saturated rings. The first-order valence-electron chi connectivity index (χ1n) is 7.83. The van der Waals surface area contributed by atoms with Crippen molar-refractivity contribution < 1.29 is 9.53 Å². The Morgan fingerprint density at radius 2 is 2.04 bits per heavy atom. The minimum absolute atomic E-state index is 0.196. The maximum atomic E-state index is 12.4. The number of morpholine rings is 1. The number of pyridine rings is 1. The highest BCUT2D eigenvalue weighted by atomic mass is 16.5. The van der Waals surface area contributed by atoms with Crippen LogP contribution >= 0.6 is 0 Å². The lowest BCUT2D eigenvalue weighted by Gasteiger charge is -2.27. The van der Waals surface area contributed by atoms with Crippen LogP contribution in [0.1, 0.15) is 10.4 Å². The van der Waals surface area contributed by atoms with E-state index in [1.54, 1.807) is 18.5 Å². The number of anilines is 2. The molecule has 122 valence electrons. The number of aromatic nitrogens is 3. The monoisotopic (exact) mass is 323 g/mol. The predicted octanol–water partition coefficient (Wildman–Crippen LogP) is 2.05. The third kappa shape index (κ3) is 2.81. The van der Waals surface area contributed by atoms with Crippen molar-refractivity contribution in [1.82, 2.24) is 15.2 Å². The highest BCUT2D eigenvalue weighted by Crippen LogP contribution is 2.21. The summed E-state index contributed by atoms with van der Waals surface area (Å²) in [5.41, 5.74) is 2.03. The Hall–Kier alpha value is -2.93. The Bertz CT molecular complexity index is 853. The SMILES string of the molecule is O=C(Nc1cccc2cn[nH]c12)c1ccc(N2CCOCC2)nc1. The van der Waals surface area contributed by atoms with Crippen LogP contribution in [0, 0.1) is 0 Å². The molecule has 0 atom stereocenters. The zero-order valence-corrected chi connectivity index (χ0v) is 13.0. The molecule has 24 heavy (non-hydrogen) atoms. The third-order valence-electron chi connectivity index (χ3n) is 4.07. The topological polar surface area (TPSA) is 83.1 Å². The first kappa shape index (κ1) is 14.6. The molecular weight excluding hydrogens is 306 g/mol. The second-order valence-electron chi connectivity index (χ2n) is 5.60. The van der Waals surface area contributed by atoms with Gasteiger partial charge in [-0.1, -0.05) is 12.1 Å². The minimum Gasteiger partial charge on any atom is -0.378 e. The molecule has 7 nitrogen and oxygen atoms in total. The number of aromatic amines is 1. The molecule has 1 aliphatic heterocycles. The number of nitrogens with zero attached hydrogens (tertiary/aromatic N) is 3. The van der Waals surface area contributed by atoms with Gasteiger partial charge in [-0.3, -0.25) is 9.89 Å². The van der Waals surface area contributed by atoms with E-state index in [-0.39, 0.29) is 5.91 Å². The summed E-state index contributed by atoms with van der Waals surface area (Å²) in [4.78, 5) is 19.0. The van der Waals surface area contributed by atoms with E-state index < -0.39 is 0 Å². The summed E-state index contributed by atoms with van der Waals surface area (Å²) >= 11 is 0. The number of ether oxygens (including phenoxy) is 1. The summed E-state index contributed by atoms with van der Waals surface area (Å²) in [7, 11) is 0. The van der Waals surface area contributed by atoms with Gasteiger partial charge in [-0.15, -0.1) is 0 Å². The molecule has 7 heteroatoms. The van der Waals surface area contributed by atoms with Gasteiger partial charge in [0.15, 0.2) is 0 Å². The Morgan fingerprint density at radius 1 is 1.17 bits per heavy atom. The molecule has 0 spiro atoms. The average molecular weight is 323 g/mol. The molecule has 1 amide bonds. The zero-order valence-electron chi connectivity index (χ0n) is 13.0. The van der Waals surface area contributed by atoms with Crippen LogP contribution in [0.5, 0.6) is 0 Å². The van der Waals surface area contributed by atoms with Crippen molar-refractivity contribution in [2.75, 3.05) is 36.5 Å². The van der Waals surface area contributed by atoms with Crippen molar-refractivity contribution in [2.24, 2.45) is 0 Å². The molecule has 0 saturated carbocycles. The number of rotatable bonds is 3. The average Bonchev–Trinajstić information content (AvgIpc) is 3.12. The van der Waals surface area contributed by atoms with Gasteiger partial charge in [0.1, 0.15) is 5.82 Å². The molecule has 1 aromatic carbocycles. The van der Waals surface area contributed by atoms with E-state index in [2.05, 4.69) is 25.4 Å². The number of hydrogen-bond acceptors (Lipinski definition) is 5. The largest absolute Gasteiger partial charge is 0.378 e. The fraction of sp³-hybridized carbons (Fsp3) is 0.235. The van der Waals surface area contributed by atoms with Crippen LogP contribution < -0.4 is 10.2 Å². The molecule has 4 rings (SSSR count). The number of hydrogen-bond donors (Lipinski definition) is 2. The minimum atomic E-state index is -0.196. The quantitative estimate of drug-likeness (QED) is 0.771. The maximum absolute atomic E-state index is 12.4. The van der Waals surface area contributed by atoms with Gasteiger partial charge in [0.2, 0.25) is 0 Å². The second kappa shape index (κ2) is 6.29. The molecule has 1 aliphatic rings. The number of carbonyl (C=O) groups is 1. The maximum Gasteiger partial charge on any atom is 0.257 e. The summed E-state index contributed by atoms with van der Waals surface area (Å²) in [5, 5.41) is 10.8. The zero-order chi connectivity index (χ0) is 16.4. The van der Waals surface area contributed by atoms with Gasteiger partial charge in [-0.05, 0) is 18.2 Å². The lowest BCUT2D eigenvalue weighted by atomic mass is 10.2. The van der Waals surface area contributed by atoms with Gasteiger partial charge in [-0.25, -0.2) is 4.98 Å². The molecular formula is C17H17N5O2. The van der Waals surface area contributed by atoms with Crippen LogP contribution in [-0.4, -0.2) is 47.4 Å². The molecule has 0 radical (unpaired) electrons. The van der Waals surface area contributed by atoms with Gasteiger partial charge < -0.3 is 15.0 Å². The fourth-order valence-electron chi connectivity index (χ4n) is 2.77. The van der Waals surface area contributed by atoms with E-state index in [1.165, 1.54) is 0 Å². The van der Waals surface area contributed by atoms with Crippen molar-refractivity contribution in [3.05, 3.63) is 48.3 Å². The van der Waals surface area contributed by atoms with E-state index >= 15 is 0 Å². The predicted molar refractivity (Wildman–Crippen MR) is 91.3 cm³/mol. The van der Waals surface area contributed by atoms with Crippen LogP contribution in [0.2, 0.25) is 0 Å². The number of benzene rings is 1. The fourth-order valence-corrected chi connectivity index (χ4v) is 2.77. The van der Waals surface area contributed by atoms with Gasteiger partial charge in [0.05, 0.1) is 36.2 Å². The number of fused-ring (bicyclic) bond motifs is 1. The molecule has 3 heterocycles. The van der Waals surface area contributed by atoms with Crippen LogP contribution in [0.15, 0.2) is 42.7 Å². The summed E-state index contributed by atoms with van der Waals surface area (Å²) < 4.78 is 5.34. The number of amides is 1. The van der Waals surface area contributed by atoms with Crippen LogP contribution in [0.3, 0.4) is 0 Å². The standard InChI is InChI=1S/C17H17N5O2/c23-17(20-14-3-1-2-12-11-19-21-16(12)14)13-4-5-15(18-10-13)22-6-8-24-9-7-22/h1-5,10-11H,6-9H2,(H,19,21)(H,20,23). The number of H-pyrrole nitrogens is 1. The summed E-state index contributed by atoms with van der Waals surface area (Å²) in [6.07, 6.45) is 3.33. The van der Waals surface area contributed by atoms with E-state index in [4.69, 9.17) is 4.74 Å². The Balaban J connectivity index is 1.51. The van der Waals surface area contributed by atoms with Crippen molar-refractivity contribution in [3.8, 4) is 0 Å². The Morgan fingerprint density at radius 3 is 2.83 bits per heavy atom. The van der Waals surface area contributed by atoms with Gasteiger partial charge in [0.25, 0.3) is 5.91 Å². The van der Waals surface area contributed by atoms with Crippen molar-refractivity contribution in [3.63, 3.8) is 0 Å².